The number of H-pyrrole nitrogens is 1. The quantitative estimate of drug-likeness (QED) is 0.468. The van der Waals surface area contributed by atoms with E-state index in [1.54, 1.807) is 21.3 Å². The van der Waals surface area contributed by atoms with Crippen LogP contribution >= 0.6 is 11.8 Å². The van der Waals surface area contributed by atoms with Crippen LogP contribution in [0.4, 0.5) is 0 Å². The molecule has 28 heavy (non-hydrogen) atoms. The lowest BCUT2D eigenvalue weighted by Gasteiger charge is -2.07. The molecule has 2 aromatic carbocycles. The summed E-state index contributed by atoms with van der Waals surface area (Å²) in [5.41, 5.74) is 2.58. The van der Waals surface area contributed by atoms with E-state index in [9.17, 15) is 0 Å². The Morgan fingerprint density at radius 1 is 0.964 bits per heavy atom. The van der Waals surface area contributed by atoms with Gasteiger partial charge in [-0.2, -0.15) is 4.98 Å². The summed E-state index contributed by atoms with van der Waals surface area (Å²) in [4.78, 5) is 12.3. The Kier molecular flexibility index (Phi) is 5.07. The lowest BCUT2D eigenvalue weighted by molar-refractivity contribution is 0.355. The van der Waals surface area contributed by atoms with Gasteiger partial charge in [-0.25, -0.2) is 4.98 Å². The van der Waals surface area contributed by atoms with Crippen LogP contribution in [-0.2, 0) is 5.75 Å². The zero-order valence-electron chi connectivity index (χ0n) is 15.6. The molecule has 4 aromatic rings. The molecule has 0 aliphatic carbocycles. The van der Waals surface area contributed by atoms with Crippen molar-refractivity contribution in [1.82, 2.24) is 20.1 Å². The van der Waals surface area contributed by atoms with E-state index in [0.717, 1.165) is 27.5 Å². The molecule has 0 spiro atoms. The van der Waals surface area contributed by atoms with Crippen molar-refractivity contribution in [3.8, 4) is 28.6 Å². The van der Waals surface area contributed by atoms with E-state index in [4.69, 9.17) is 18.7 Å². The molecule has 0 unspecified atom stereocenters. The van der Waals surface area contributed by atoms with Gasteiger partial charge in [0.05, 0.1) is 38.1 Å². The van der Waals surface area contributed by atoms with E-state index >= 15 is 0 Å². The highest BCUT2D eigenvalue weighted by atomic mass is 32.2. The van der Waals surface area contributed by atoms with E-state index in [-0.39, 0.29) is 0 Å². The summed E-state index contributed by atoms with van der Waals surface area (Å²) in [6, 6.07) is 11.2. The molecule has 144 valence electrons. The van der Waals surface area contributed by atoms with Gasteiger partial charge in [-0.1, -0.05) is 16.9 Å². The normalized spacial score (nSPS) is 11.0. The minimum absolute atomic E-state index is 0.492. The second-order valence-electron chi connectivity index (χ2n) is 5.80. The van der Waals surface area contributed by atoms with E-state index in [1.807, 2.05) is 36.4 Å². The predicted molar refractivity (Wildman–Crippen MR) is 105 cm³/mol. The summed E-state index contributed by atoms with van der Waals surface area (Å²) in [6.07, 6.45) is 0. The number of hydrogen-bond donors (Lipinski definition) is 1. The van der Waals surface area contributed by atoms with Gasteiger partial charge in [0.25, 0.3) is 0 Å². The molecule has 0 saturated heterocycles. The Hall–Kier alpha value is -3.20. The molecule has 1 N–H and O–H groups in total. The topological polar surface area (TPSA) is 95.3 Å². The van der Waals surface area contributed by atoms with Crippen LogP contribution in [0.5, 0.6) is 17.2 Å². The number of hydrogen-bond acceptors (Lipinski definition) is 8. The average molecular weight is 398 g/mol. The SMILES string of the molecule is COc1ccc2nc(SCc3nc(-c4ccc(OC)c(OC)c4)no3)[nH]c2c1. The lowest BCUT2D eigenvalue weighted by atomic mass is 10.2. The third-order valence-electron chi connectivity index (χ3n) is 4.11. The standard InChI is InChI=1S/C19H18N4O4S/c1-24-12-5-6-13-14(9-12)21-19(20-13)28-10-17-22-18(23-27-17)11-4-7-15(25-2)16(8-11)26-3/h4-9H,10H2,1-3H3,(H,20,21). The number of fused-ring (bicyclic) bond motifs is 1. The number of ether oxygens (including phenoxy) is 3. The average Bonchev–Trinajstić information content (AvgIpc) is 3.37. The largest absolute Gasteiger partial charge is 0.497 e. The van der Waals surface area contributed by atoms with Gasteiger partial charge in [0.15, 0.2) is 16.7 Å². The van der Waals surface area contributed by atoms with E-state index in [1.165, 1.54) is 11.8 Å². The molecule has 8 nitrogen and oxygen atoms in total. The van der Waals surface area contributed by atoms with Crippen molar-refractivity contribution >= 4 is 22.8 Å². The number of thioether (sulfide) groups is 1. The summed E-state index contributed by atoms with van der Waals surface area (Å²) >= 11 is 1.49. The molecular weight excluding hydrogens is 380 g/mol. The number of aromatic amines is 1. The van der Waals surface area contributed by atoms with Gasteiger partial charge in [0.1, 0.15) is 5.75 Å². The maximum absolute atomic E-state index is 5.37. The zero-order chi connectivity index (χ0) is 19.5. The third-order valence-corrected chi connectivity index (χ3v) is 4.97. The molecule has 2 aromatic heterocycles. The van der Waals surface area contributed by atoms with Crippen LogP contribution in [-0.4, -0.2) is 41.4 Å². The molecule has 0 amide bonds. The number of aromatic nitrogens is 4. The first-order valence-corrected chi connectivity index (χ1v) is 9.40. The Labute approximate surface area is 165 Å². The lowest BCUT2D eigenvalue weighted by Crippen LogP contribution is -1.91. The van der Waals surface area contributed by atoms with Crippen LogP contribution < -0.4 is 14.2 Å². The molecule has 9 heteroatoms. The van der Waals surface area contributed by atoms with Crippen molar-refractivity contribution in [2.45, 2.75) is 10.9 Å². The van der Waals surface area contributed by atoms with Crippen LogP contribution in [0.25, 0.3) is 22.4 Å². The third kappa shape index (κ3) is 3.61. The van der Waals surface area contributed by atoms with Gasteiger partial charge in [0.2, 0.25) is 11.7 Å². The summed E-state index contributed by atoms with van der Waals surface area (Å²) in [6.45, 7) is 0. The van der Waals surface area contributed by atoms with Crippen LogP contribution in [0.15, 0.2) is 46.1 Å². The second-order valence-corrected chi connectivity index (χ2v) is 6.76. The number of benzene rings is 2. The van der Waals surface area contributed by atoms with Crippen LogP contribution in [0.1, 0.15) is 5.89 Å². The number of nitrogens with zero attached hydrogens (tertiary/aromatic N) is 3. The Morgan fingerprint density at radius 2 is 1.82 bits per heavy atom. The fourth-order valence-corrected chi connectivity index (χ4v) is 3.42. The van der Waals surface area contributed by atoms with Crippen molar-refractivity contribution < 1.29 is 18.7 Å². The molecule has 0 atom stereocenters. The van der Waals surface area contributed by atoms with E-state index in [2.05, 4.69) is 20.1 Å². The smallest absolute Gasteiger partial charge is 0.237 e. The molecule has 0 bridgehead atoms. The molecule has 0 saturated carbocycles. The fraction of sp³-hybridized carbons (Fsp3) is 0.211. The van der Waals surface area contributed by atoms with Crippen molar-refractivity contribution in [3.63, 3.8) is 0 Å². The minimum atomic E-state index is 0.492. The highest BCUT2D eigenvalue weighted by molar-refractivity contribution is 7.98. The fourth-order valence-electron chi connectivity index (χ4n) is 2.70. The molecule has 0 aliphatic rings. The maximum atomic E-state index is 5.37. The van der Waals surface area contributed by atoms with Crippen molar-refractivity contribution in [1.29, 1.82) is 0 Å². The summed E-state index contributed by atoms with van der Waals surface area (Å²) in [5, 5.41) is 4.82. The van der Waals surface area contributed by atoms with Crippen molar-refractivity contribution in [3.05, 3.63) is 42.3 Å². The molecular formula is C19H18N4O4S. The van der Waals surface area contributed by atoms with Crippen LogP contribution in [0.2, 0.25) is 0 Å². The number of rotatable bonds is 7. The van der Waals surface area contributed by atoms with Gasteiger partial charge in [0, 0.05) is 11.6 Å². The number of nitrogens with one attached hydrogen (secondary N) is 1. The van der Waals surface area contributed by atoms with Gasteiger partial charge >= 0.3 is 0 Å². The predicted octanol–water partition coefficient (Wildman–Crippen LogP) is 3.93. The minimum Gasteiger partial charge on any atom is -0.497 e. The van der Waals surface area contributed by atoms with Crippen LogP contribution in [0, 0.1) is 0 Å². The first-order chi connectivity index (χ1) is 13.7. The maximum Gasteiger partial charge on any atom is 0.237 e. The highest BCUT2D eigenvalue weighted by Crippen LogP contribution is 2.31. The van der Waals surface area contributed by atoms with Gasteiger partial charge in [-0.05, 0) is 30.3 Å². The zero-order valence-corrected chi connectivity index (χ0v) is 16.4. The molecule has 4 rings (SSSR count). The summed E-state index contributed by atoms with van der Waals surface area (Å²) in [7, 11) is 4.82. The summed E-state index contributed by atoms with van der Waals surface area (Å²) in [5.74, 6) is 3.53. The van der Waals surface area contributed by atoms with Gasteiger partial charge < -0.3 is 23.7 Å². The Balaban J connectivity index is 1.48. The van der Waals surface area contributed by atoms with Crippen molar-refractivity contribution in [2.24, 2.45) is 0 Å². The summed E-state index contributed by atoms with van der Waals surface area (Å²) < 4.78 is 21.2. The first-order valence-electron chi connectivity index (χ1n) is 8.41. The molecule has 2 heterocycles. The molecule has 0 fully saturated rings. The second kappa shape index (κ2) is 7.81. The van der Waals surface area contributed by atoms with Gasteiger partial charge in [-0.15, -0.1) is 0 Å². The number of imidazole rings is 1. The monoisotopic (exact) mass is 398 g/mol. The Bertz CT molecular complexity index is 1110. The van der Waals surface area contributed by atoms with Gasteiger partial charge in [-0.3, -0.25) is 0 Å². The van der Waals surface area contributed by atoms with Crippen LogP contribution in [0.3, 0.4) is 0 Å². The Morgan fingerprint density at radius 3 is 2.61 bits per heavy atom. The first kappa shape index (κ1) is 18.2. The van der Waals surface area contributed by atoms with E-state index in [0.29, 0.717) is 29.0 Å². The molecule has 0 aliphatic heterocycles. The van der Waals surface area contributed by atoms with Crippen molar-refractivity contribution in [2.75, 3.05) is 21.3 Å². The van der Waals surface area contributed by atoms with E-state index < -0.39 is 0 Å². The number of methoxy groups -OCH3 is 3. The highest BCUT2D eigenvalue weighted by Gasteiger charge is 2.13. The molecule has 0 radical (unpaired) electrons.